The van der Waals surface area contributed by atoms with E-state index < -0.39 is 0 Å². The molecule has 1 unspecified atom stereocenters. The number of aryl methyl sites for hydroxylation is 1. The molecule has 4 rings (SSSR count). The number of nitrogens with one attached hydrogen (secondary N) is 2. The highest BCUT2D eigenvalue weighted by Crippen LogP contribution is 2.22. The summed E-state index contributed by atoms with van der Waals surface area (Å²) in [5.41, 5.74) is 1.87. The minimum atomic E-state index is -0.0213. The Morgan fingerprint density at radius 2 is 1.89 bits per heavy atom. The summed E-state index contributed by atoms with van der Waals surface area (Å²) < 4.78 is 2.15. The van der Waals surface area contributed by atoms with Crippen LogP contribution in [0.3, 0.4) is 0 Å². The number of amides is 1. The van der Waals surface area contributed by atoms with Gasteiger partial charge in [0.05, 0.1) is 6.54 Å². The van der Waals surface area contributed by atoms with E-state index in [9.17, 15) is 4.79 Å². The summed E-state index contributed by atoms with van der Waals surface area (Å²) in [7, 11) is 0. The first-order valence-electron chi connectivity index (χ1n) is 9.30. The molecule has 0 spiro atoms. The molecule has 1 aliphatic rings. The molecule has 0 bridgehead atoms. The zero-order valence-corrected chi connectivity index (χ0v) is 16.1. The maximum Gasteiger partial charge on any atom is 0.239 e. The van der Waals surface area contributed by atoms with Crippen LogP contribution in [0.25, 0.3) is 11.4 Å². The molecule has 0 fully saturated rings. The number of carbonyl (C=O) groups is 1. The van der Waals surface area contributed by atoms with Crippen LogP contribution < -0.4 is 10.6 Å². The van der Waals surface area contributed by atoms with E-state index in [1.165, 1.54) is 0 Å². The zero-order chi connectivity index (χ0) is 19.3. The number of hydrogen-bond acceptors (Lipinski definition) is 5. The molecule has 1 amide bonds. The number of aromatic nitrogens is 4. The van der Waals surface area contributed by atoms with Gasteiger partial charge in [-0.3, -0.25) is 9.78 Å². The third-order valence-electron chi connectivity index (χ3n) is 4.85. The summed E-state index contributed by atoms with van der Waals surface area (Å²) in [6, 6.07) is 11.3. The van der Waals surface area contributed by atoms with Gasteiger partial charge < -0.3 is 15.2 Å². The molecule has 1 atom stereocenters. The summed E-state index contributed by atoms with van der Waals surface area (Å²) in [6.45, 7) is 1.00. The second-order valence-electron chi connectivity index (χ2n) is 6.78. The van der Waals surface area contributed by atoms with Crippen molar-refractivity contribution in [3.8, 4) is 11.4 Å². The Bertz CT molecular complexity index is 941. The van der Waals surface area contributed by atoms with Crippen molar-refractivity contribution in [1.29, 1.82) is 0 Å². The maximum atomic E-state index is 12.3. The smallest absolute Gasteiger partial charge is 0.239 e. The molecular weight excluding hydrogens is 376 g/mol. The Morgan fingerprint density at radius 3 is 2.68 bits per heavy atom. The van der Waals surface area contributed by atoms with Gasteiger partial charge in [0.1, 0.15) is 5.82 Å². The number of benzene rings is 1. The Kier molecular flexibility index (Phi) is 5.53. The van der Waals surface area contributed by atoms with Gasteiger partial charge in [-0.25, -0.2) is 0 Å². The predicted molar refractivity (Wildman–Crippen MR) is 108 cm³/mol. The molecule has 0 saturated heterocycles. The molecule has 3 aromatic rings. The lowest BCUT2D eigenvalue weighted by Gasteiger charge is -2.17. The Balaban J connectivity index is 1.33. The van der Waals surface area contributed by atoms with Crippen molar-refractivity contribution in [2.45, 2.75) is 31.8 Å². The lowest BCUT2D eigenvalue weighted by Crippen LogP contribution is -2.38. The van der Waals surface area contributed by atoms with E-state index in [0.717, 1.165) is 48.7 Å². The van der Waals surface area contributed by atoms with Crippen molar-refractivity contribution in [2.75, 3.05) is 11.9 Å². The number of halogens is 1. The van der Waals surface area contributed by atoms with Crippen LogP contribution in [-0.4, -0.2) is 38.2 Å². The zero-order valence-electron chi connectivity index (χ0n) is 15.3. The summed E-state index contributed by atoms with van der Waals surface area (Å²) >= 11 is 5.88. The molecule has 1 aliphatic heterocycles. The largest absolute Gasteiger partial charge is 0.376 e. The fourth-order valence-electron chi connectivity index (χ4n) is 3.38. The van der Waals surface area contributed by atoms with Crippen LogP contribution in [0.15, 0.2) is 48.8 Å². The number of pyridine rings is 1. The van der Waals surface area contributed by atoms with Crippen molar-refractivity contribution in [3.05, 3.63) is 59.6 Å². The lowest BCUT2D eigenvalue weighted by atomic mass is 10.1. The van der Waals surface area contributed by atoms with Crippen LogP contribution in [0.5, 0.6) is 0 Å². The Labute approximate surface area is 168 Å². The molecule has 144 valence electrons. The summed E-state index contributed by atoms with van der Waals surface area (Å²) in [5, 5.41) is 15.6. The van der Waals surface area contributed by atoms with Gasteiger partial charge in [-0.1, -0.05) is 11.6 Å². The molecule has 28 heavy (non-hydrogen) atoms. The van der Waals surface area contributed by atoms with Crippen molar-refractivity contribution in [2.24, 2.45) is 0 Å². The highest BCUT2D eigenvalue weighted by molar-refractivity contribution is 6.30. The van der Waals surface area contributed by atoms with E-state index in [1.807, 2.05) is 24.3 Å². The van der Waals surface area contributed by atoms with Gasteiger partial charge >= 0.3 is 0 Å². The standard InChI is InChI=1S/C20H21ClN6O/c21-15-1-3-16(4-2-15)23-13-19(28)24-17-5-6-18-25-26-20(27(18)12-9-17)14-7-10-22-11-8-14/h1-4,7-8,10-11,17,23H,5-6,9,12-13H2,(H,24,28). The molecule has 0 aliphatic carbocycles. The summed E-state index contributed by atoms with van der Waals surface area (Å²) in [5.74, 6) is 1.80. The first kappa shape index (κ1) is 18.4. The monoisotopic (exact) mass is 396 g/mol. The van der Waals surface area contributed by atoms with Crippen LogP contribution in [-0.2, 0) is 17.8 Å². The van der Waals surface area contributed by atoms with Crippen LogP contribution in [0.1, 0.15) is 18.7 Å². The van der Waals surface area contributed by atoms with E-state index in [4.69, 9.17) is 11.6 Å². The fourth-order valence-corrected chi connectivity index (χ4v) is 3.50. The van der Waals surface area contributed by atoms with Gasteiger partial charge in [0.25, 0.3) is 0 Å². The molecule has 0 radical (unpaired) electrons. The Morgan fingerprint density at radius 1 is 1.11 bits per heavy atom. The third-order valence-corrected chi connectivity index (χ3v) is 5.10. The highest BCUT2D eigenvalue weighted by atomic mass is 35.5. The number of nitrogens with zero attached hydrogens (tertiary/aromatic N) is 4. The predicted octanol–water partition coefficient (Wildman–Crippen LogP) is 2.93. The first-order valence-corrected chi connectivity index (χ1v) is 9.68. The molecule has 0 saturated carbocycles. The van der Waals surface area contributed by atoms with Crippen LogP contribution in [0, 0.1) is 0 Å². The second kappa shape index (κ2) is 8.39. The van der Waals surface area contributed by atoms with Crippen molar-refractivity contribution in [3.63, 3.8) is 0 Å². The van der Waals surface area contributed by atoms with E-state index in [2.05, 4.69) is 30.4 Å². The third kappa shape index (κ3) is 4.31. The normalized spacial score (nSPS) is 16.1. The molecule has 2 aromatic heterocycles. The number of carbonyl (C=O) groups excluding carboxylic acids is 1. The minimum absolute atomic E-state index is 0.0213. The Hall–Kier alpha value is -2.93. The number of rotatable bonds is 5. The molecule has 2 N–H and O–H groups in total. The average Bonchev–Trinajstić information content (AvgIpc) is 3.03. The van der Waals surface area contributed by atoms with Gasteiger partial charge in [-0.05, 0) is 49.2 Å². The quantitative estimate of drug-likeness (QED) is 0.692. The van der Waals surface area contributed by atoms with Crippen molar-refractivity contribution >= 4 is 23.2 Å². The summed E-state index contributed by atoms with van der Waals surface area (Å²) in [4.78, 5) is 16.4. The van der Waals surface area contributed by atoms with Gasteiger partial charge in [-0.2, -0.15) is 0 Å². The van der Waals surface area contributed by atoms with Crippen LogP contribution >= 0.6 is 11.6 Å². The van der Waals surface area contributed by atoms with E-state index in [1.54, 1.807) is 24.5 Å². The van der Waals surface area contributed by atoms with E-state index in [0.29, 0.717) is 5.02 Å². The minimum Gasteiger partial charge on any atom is -0.376 e. The molecular formula is C20H21ClN6O. The van der Waals surface area contributed by atoms with Gasteiger partial charge in [0.15, 0.2) is 5.82 Å². The lowest BCUT2D eigenvalue weighted by molar-refractivity contribution is -0.120. The van der Waals surface area contributed by atoms with Gasteiger partial charge in [0, 0.05) is 47.7 Å². The molecule has 3 heterocycles. The topological polar surface area (TPSA) is 84.7 Å². The number of hydrogen-bond donors (Lipinski definition) is 2. The molecule has 8 heteroatoms. The number of fused-ring (bicyclic) bond motifs is 1. The first-order chi connectivity index (χ1) is 13.7. The second-order valence-corrected chi connectivity index (χ2v) is 7.22. The van der Waals surface area contributed by atoms with Crippen LogP contribution in [0.4, 0.5) is 5.69 Å². The van der Waals surface area contributed by atoms with Crippen molar-refractivity contribution in [1.82, 2.24) is 25.1 Å². The van der Waals surface area contributed by atoms with Crippen molar-refractivity contribution < 1.29 is 4.79 Å². The van der Waals surface area contributed by atoms with Gasteiger partial charge in [-0.15, -0.1) is 10.2 Å². The van der Waals surface area contributed by atoms with E-state index >= 15 is 0 Å². The van der Waals surface area contributed by atoms with Gasteiger partial charge in [0.2, 0.25) is 5.91 Å². The summed E-state index contributed by atoms with van der Waals surface area (Å²) in [6.07, 6.45) is 5.99. The number of anilines is 1. The van der Waals surface area contributed by atoms with Crippen LogP contribution in [0.2, 0.25) is 5.02 Å². The fraction of sp³-hybridized carbons (Fsp3) is 0.300. The SMILES string of the molecule is O=C(CNc1ccc(Cl)cc1)NC1CCc2nnc(-c3ccncc3)n2CC1. The highest BCUT2D eigenvalue weighted by Gasteiger charge is 2.22. The maximum absolute atomic E-state index is 12.3. The average molecular weight is 397 g/mol. The molecule has 1 aromatic carbocycles. The van der Waals surface area contributed by atoms with E-state index in [-0.39, 0.29) is 18.5 Å². The molecule has 7 nitrogen and oxygen atoms in total.